The van der Waals surface area contributed by atoms with Crippen LogP contribution in [0.1, 0.15) is 17.3 Å². The zero-order valence-electron chi connectivity index (χ0n) is 6.46. The Balaban J connectivity index is 2.68. The summed E-state index contributed by atoms with van der Waals surface area (Å²) in [5.74, 6) is -0.290. The van der Waals surface area contributed by atoms with Crippen molar-refractivity contribution in [3.8, 4) is 0 Å². The summed E-state index contributed by atoms with van der Waals surface area (Å²) in [5, 5.41) is 0.887. The molecule has 0 bridgehead atoms. The highest BCUT2D eigenvalue weighted by atomic mass is 79.9. The quantitative estimate of drug-likeness (QED) is 0.838. The third-order valence-electron chi connectivity index (χ3n) is 1.25. The Morgan fingerprint density at radius 1 is 1.83 bits per heavy atom. The predicted molar refractivity (Wildman–Crippen MR) is 51.5 cm³/mol. The lowest BCUT2D eigenvalue weighted by Gasteiger charge is -1.96. The van der Waals surface area contributed by atoms with Crippen LogP contribution in [0, 0.1) is 0 Å². The van der Waals surface area contributed by atoms with Gasteiger partial charge in [0.05, 0.1) is 17.2 Å². The Morgan fingerprint density at radius 2 is 2.58 bits per heavy atom. The van der Waals surface area contributed by atoms with Crippen LogP contribution < -0.4 is 0 Å². The molecule has 1 aromatic heterocycles. The third-order valence-corrected chi connectivity index (χ3v) is 2.70. The maximum absolute atomic E-state index is 11.1. The minimum Gasteiger partial charge on any atom is -0.462 e. The fourth-order valence-corrected chi connectivity index (χ4v) is 1.59. The van der Waals surface area contributed by atoms with E-state index in [2.05, 4.69) is 19.8 Å². The van der Waals surface area contributed by atoms with Gasteiger partial charge in [-0.3, -0.25) is 0 Å². The molecule has 1 heterocycles. The monoisotopic (exact) mass is 249 g/mol. The summed E-state index contributed by atoms with van der Waals surface area (Å²) in [6, 6.07) is 1.73. The van der Waals surface area contributed by atoms with Crippen molar-refractivity contribution in [2.24, 2.45) is 0 Å². The number of nitrogens with one attached hydrogen (secondary N) is 1. The number of hydrogen-bond acceptors (Lipinski definition) is 3. The van der Waals surface area contributed by atoms with Crippen LogP contribution in [0.15, 0.2) is 17.3 Å². The van der Waals surface area contributed by atoms with Gasteiger partial charge in [-0.05, 0) is 38.0 Å². The van der Waals surface area contributed by atoms with Gasteiger partial charge in [-0.15, -0.1) is 0 Å². The normalized spacial score (nSPS) is 9.83. The standard InChI is InChI=1S/C7H8BrNO2S/c1-2-11-7(10)5-3-6(12-8)9-4-5/h3-4,9H,2H2,1H3. The van der Waals surface area contributed by atoms with E-state index in [4.69, 9.17) is 4.74 Å². The molecule has 0 aliphatic carbocycles. The molecule has 0 aromatic carbocycles. The number of carbonyl (C=O) groups excluding carboxylic acids is 1. The number of esters is 1. The van der Waals surface area contributed by atoms with Gasteiger partial charge in [-0.1, -0.05) is 0 Å². The van der Waals surface area contributed by atoms with Crippen LogP contribution in [-0.4, -0.2) is 17.6 Å². The summed E-state index contributed by atoms with van der Waals surface area (Å²) in [4.78, 5) is 14.0. The van der Waals surface area contributed by atoms with Crippen LogP contribution in [0.2, 0.25) is 0 Å². The Kier molecular flexibility index (Phi) is 3.68. The summed E-state index contributed by atoms with van der Waals surface area (Å²) >= 11 is 3.19. The van der Waals surface area contributed by atoms with E-state index in [0.717, 1.165) is 5.03 Å². The predicted octanol–water partition coefficient (Wildman–Crippen LogP) is 2.59. The van der Waals surface area contributed by atoms with Crippen LogP contribution in [0.4, 0.5) is 0 Å². The number of halogens is 1. The summed E-state index contributed by atoms with van der Waals surface area (Å²) in [5.41, 5.74) is 0.554. The number of rotatable bonds is 3. The highest BCUT2D eigenvalue weighted by Gasteiger charge is 2.08. The van der Waals surface area contributed by atoms with Gasteiger partial charge in [-0.2, -0.15) is 0 Å². The van der Waals surface area contributed by atoms with Crippen LogP contribution in [0.25, 0.3) is 0 Å². The Morgan fingerprint density at radius 3 is 3.08 bits per heavy atom. The molecule has 0 aliphatic rings. The minimum absolute atomic E-state index is 0.290. The fourth-order valence-electron chi connectivity index (χ4n) is 0.750. The third kappa shape index (κ3) is 2.28. The molecule has 0 aliphatic heterocycles. The zero-order chi connectivity index (χ0) is 8.97. The number of H-pyrrole nitrogens is 1. The maximum atomic E-state index is 11.1. The lowest BCUT2D eigenvalue weighted by atomic mass is 10.3. The number of ether oxygens (including phenoxy) is 1. The SMILES string of the molecule is CCOC(=O)c1c[nH]c(SBr)c1. The number of carbonyl (C=O) groups is 1. The van der Waals surface area contributed by atoms with Gasteiger partial charge in [0, 0.05) is 6.20 Å². The summed E-state index contributed by atoms with van der Waals surface area (Å²) in [6.45, 7) is 2.19. The van der Waals surface area contributed by atoms with Crippen LogP contribution >= 0.6 is 25.0 Å². The van der Waals surface area contributed by atoms with Crippen LogP contribution in [0.5, 0.6) is 0 Å². The molecule has 0 amide bonds. The topological polar surface area (TPSA) is 42.1 Å². The molecule has 1 N–H and O–H groups in total. The van der Waals surface area contributed by atoms with E-state index in [1.807, 2.05) is 0 Å². The lowest BCUT2D eigenvalue weighted by Crippen LogP contribution is -2.02. The van der Waals surface area contributed by atoms with E-state index in [-0.39, 0.29) is 5.97 Å². The van der Waals surface area contributed by atoms with Gasteiger partial charge in [0.2, 0.25) is 0 Å². The van der Waals surface area contributed by atoms with Crippen molar-refractivity contribution in [3.05, 3.63) is 17.8 Å². The van der Waals surface area contributed by atoms with E-state index in [1.165, 1.54) is 10.2 Å². The molecule has 66 valence electrons. The van der Waals surface area contributed by atoms with Gasteiger partial charge in [0.1, 0.15) is 0 Å². The first-order valence-corrected chi connectivity index (χ1v) is 6.08. The second kappa shape index (κ2) is 4.57. The van der Waals surface area contributed by atoms with Crippen molar-refractivity contribution in [1.29, 1.82) is 0 Å². The Bertz CT molecular complexity index is 274. The average Bonchev–Trinajstić information content (AvgIpc) is 2.52. The summed E-state index contributed by atoms with van der Waals surface area (Å²) in [7, 11) is 1.37. The molecule has 0 spiro atoms. The van der Waals surface area contributed by atoms with E-state index in [9.17, 15) is 4.79 Å². The summed E-state index contributed by atoms with van der Waals surface area (Å²) < 4.78 is 4.80. The van der Waals surface area contributed by atoms with Crippen molar-refractivity contribution in [1.82, 2.24) is 4.98 Å². The van der Waals surface area contributed by atoms with Gasteiger partial charge in [0.15, 0.2) is 0 Å². The number of hydrogen-bond donors (Lipinski definition) is 1. The first kappa shape index (κ1) is 9.67. The van der Waals surface area contributed by atoms with Crippen molar-refractivity contribution >= 4 is 31.0 Å². The van der Waals surface area contributed by atoms with Gasteiger partial charge in [0.25, 0.3) is 0 Å². The molecule has 3 nitrogen and oxygen atoms in total. The molecule has 0 atom stereocenters. The second-order valence-corrected chi connectivity index (χ2v) is 3.62. The molecule has 0 saturated carbocycles. The van der Waals surface area contributed by atoms with E-state index in [1.54, 1.807) is 19.2 Å². The number of aromatic nitrogens is 1. The molecule has 5 heteroatoms. The van der Waals surface area contributed by atoms with Gasteiger partial charge < -0.3 is 9.72 Å². The maximum Gasteiger partial charge on any atom is 0.339 e. The van der Waals surface area contributed by atoms with Crippen molar-refractivity contribution in [2.75, 3.05) is 6.61 Å². The number of aromatic amines is 1. The van der Waals surface area contributed by atoms with Crippen LogP contribution in [0.3, 0.4) is 0 Å². The smallest absolute Gasteiger partial charge is 0.339 e. The lowest BCUT2D eigenvalue weighted by molar-refractivity contribution is 0.0526. The molecule has 1 aromatic rings. The molecule has 0 fully saturated rings. The first-order valence-electron chi connectivity index (χ1n) is 3.42. The Hall–Kier alpha value is -0.420. The van der Waals surface area contributed by atoms with Crippen molar-refractivity contribution < 1.29 is 9.53 Å². The van der Waals surface area contributed by atoms with Gasteiger partial charge in [-0.25, -0.2) is 4.79 Å². The molecule has 0 saturated heterocycles. The Labute approximate surface area is 82.1 Å². The molecule has 0 radical (unpaired) electrons. The van der Waals surface area contributed by atoms with Crippen molar-refractivity contribution in [2.45, 2.75) is 11.9 Å². The summed E-state index contributed by atoms with van der Waals surface area (Å²) in [6.07, 6.45) is 1.63. The highest BCUT2D eigenvalue weighted by molar-refractivity contribution is 9.50. The fraction of sp³-hybridized carbons (Fsp3) is 0.286. The first-order chi connectivity index (χ1) is 5.77. The van der Waals surface area contributed by atoms with E-state index < -0.39 is 0 Å². The molecular weight excluding hydrogens is 242 g/mol. The average molecular weight is 250 g/mol. The molecule has 0 unspecified atom stereocenters. The minimum atomic E-state index is -0.290. The second-order valence-electron chi connectivity index (χ2n) is 2.05. The molecule has 1 rings (SSSR count). The van der Waals surface area contributed by atoms with Gasteiger partial charge >= 0.3 is 5.97 Å². The highest BCUT2D eigenvalue weighted by Crippen LogP contribution is 2.23. The largest absolute Gasteiger partial charge is 0.462 e. The molecule has 12 heavy (non-hydrogen) atoms. The zero-order valence-corrected chi connectivity index (χ0v) is 8.87. The van der Waals surface area contributed by atoms with E-state index in [0.29, 0.717) is 12.2 Å². The van der Waals surface area contributed by atoms with Crippen LogP contribution in [-0.2, 0) is 4.74 Å². The van der Waals surface area contributed by atoms with Crippen molar-refractivity contribution in [3.63, 3.8) is 0 Å². The molecular formula is C7H8BrNO2S. The van der Waals surface area contributed by atoms with E-state index >= 15 is 0 Å².